The molecule has 0 aliphatic heterocycles. The third-order valence-electron chi connectivity index (χ3n) is 1.83. The number of hydrogen-bond acceptors (Lipinski definition) is 4. The lowest BCUT2D eigenvalue weighted by atomic mass is 10.3. The average molecular weight is 216 g/mol. The fourth-order valence-corrected chi connectivity index (χ4v) is 1.25. The summed E-state index contributed by atoms with van der Waals surface area (Å²) in [7, 11) is 0. The summed E-state index contributed by atoms with van der Waals surface area (Å²) in [5.41, 5.74) is 0. The van der Waals surface area contributed by atoms with Gasteiger partial charge in [-0.3, -0.25) is 0 Å². The van der Waals surface area contributed by atoms with E-state index in [1.54, 1.807) is 12.4 Å². The van der Waals surface area contributed by atoms with Crippen LogP contribution in [0.5, 0.6) is 0 Å². The standard InChI is InChI=1S/C9H14ClN3O/c1-7(2)13(3-4-14)9-11-5-8(10)6-12-9/h5-7,14H,3-4H2,1-2H3. The summed E-state index contributed by atoms with van der Waals surface area (Å²) in [5.74, 6) is 0.596. The number of nitrogens with zero attached hydrogens (tertiary/aromatic N) is 3. The van der Waals surface area contributed by atoms with Crippen molar-refractivity contribution in [1.82, 2.24) is 9.97 Å². The van der Waals surface area contributed by atoms with Crippen LogP contribution in [0.25, 0.3) is 0 Å². The first-order valence-corrected chi connectivity index (χ1v) is 4.88. The van der Waals surface area contributed by atoms with Gasteiger partial charge in [-0.2, -0.15) is 0 Å². The van der Waals surface area contributed by atoms with Crippen molar-refractivity contribution in [2.75, 3.05) is 18.1 Å². The topological polar surface area (TPSA) is 49.2 Å². The van der Waals surface area contributed by atoms with Crippen molar-refractivity contribution in [2.45, 2.75) is 19.9 Å². The Bertz CT molecular complexity index is 276. The highest BCUT2D eigenvalue weighted by Gasteiger charge is 2.11. The first-order valence-electron chi connectivity index (χ1n) is 4.50. The fourth-order valence-electron chi connectivity index (χ4n) is 1.15. The third-order valence-corrected chi connectivity index (χ3v) is 2.02. The zero-order valence-electron chi connectivity index (χ0n) is 8.31. The van der Waals surface area contributed by atoms with Crippen molar-refractivity contribution >= 4 is 17.5 Å². The molecule has 1 aromatic heterocycles. The van der Waals surface area contributed by atoms with Crippen molar-refractivity contribution in [3.63, 3.8) is 0 Å². The molecular weight excluding hydrogens is 202 g/mol. The lowest BCUT2D eigenvalue weighted by Gasteiger charge is -2.25. The van der Waals surface area contributed by atoms with Crippen molar-refractivity contribution in [2.24, 2.45) is 0 Å². The smallest absolute Gasteiger partial charge is 0.225 e. The van der Waals surface area contributed by atoms with E-state index >= 15 is 0 Å². The van der Waals surface area contributed by atoms with Crippen LogP contribution in [0, 0.1) is 0 Å². The van der Waals surface area contributed by atoms with Gasteiger partial charge in [0.25, 0.3) is 0 Å². The minimum absolute atomic E-state index is 0.0875. The highest BCUT2D eigenvalue weighted by Crippen LogP contribution is 2.12. The Morgan fingerprint density at radius 2 is 2.00 bits per heavy atom. The molecule has 0 bridgehead atoms. The molecule has 0 spiro atoms. The largest absolute Gasteiger partial charge is 0.395 e. The van der Waals surface area contributed by atoms with Gasteiger partial charge in [0.05, 0.1) is 24.0 Å². The summed E-state index contributed by atoms with van der Waals surface area (Å²) in [4.78, 5) is 10.1. The van der Waals surface area contributed by atoms with Gasteiger partial charge in [0.2, 0.25) is 5.95 Å². The minimum Gasteiger partial charge on any atom is -0.395 e. The zero-order chi connectivity index (χ0) is 10.6. The molecule has 1 N–H and O–H groups in total. The van der Waals surface area contributed by atoms with Crippen LogP contribution in [0.1, 0.15) is 13.8 Å². The van der Waals surface area contributed by atoms with Crippen LogP contribution in [0.15, 0.2) is 12.4 Å². The molecule has 0 aliphatic rings. The number of aliphatic hydroxyl groups is 1. The zero-order valence-corrected chi connectivity index (χ0v) is 9.07. The Morgan fingerprint density at radius 1 is 1.43 bits per heavy atom. The minimum atomic E-state index is 0.0875. The Hall–Kier alpha value is -0.870. The second kappa shape index (κ2) is 5.12. The van der Waals surface area contributed by atoms with Gasteiger partial charge in [0.1, 0.15) is 0 Å². The van der Waals surface area contributed by atoms with E-state index in [1.807, 2.05) is 18.7 Å². The number of rotatable bonds is 4. The molecule has 4 nitrogen and oxygen atoms in total. The normalized spacial score (nSPS) is 10.6. The molecule has 0 aromatic carbocycles. The first-order chi connectivity index (χ1) is 6.65. The van der Waals surface area contributed by atoms with Gasteiger partial charge in [0.15, 0.2) is 0 Å². The molecule has 0 saturated heterocycles. The SMILES string of the molecule is CC(C)N(CCO)c1ncc(Cl)cn1. The molecule has 0 fully saturated rings. The van der Waals surface area contributed by atoms with Gasteiger partial charge in [-0.25, -0.2) is 9.97 Å². The van der Waals surface area contributed by atoms with Gasteiger partial charge >= 0.3 is 0 Å². The van der Waals surface area contributed by atoms with Gasteiger partial charge in [-0.05, 0) is 13.8 Å². The molecular formula is C9H14ClN3O. The highest BCUT2D eigenvalue weighted by molar-refractivity contribution is 6.30. The maximum atomic E-state index is 8.88. The first kappa shape index (κ1) is 11.2. The third kappa shape index (κ3) is 2.82. The fraction of sp³-hybridized carbons (Fsp3) is 0.556. The summed E-state index contributed by atoms with van der Waals surface area (Å²) >= 11 is 5.68. The Balaban J connectivity index is 2.82. The number of anilines is 1. The second-order valence-electron chi connectivity index (χ2n) is 3.21. The van der Waals surface area contributed by atoms with Crippen LogP contribution in [0.3, 0.4) is 0 Å². The van der Waals surface area contributed by atoms with Gasteiger partial charge in [-0.15, -0.1) is 0 Å². The van der Waals surface area contributed by atoms with E-state index in [9.17, 15) is 0 Å². The Kier molecular flexibility index (Phi) is 4.10. The van der Waals surface area contributed by atoms with E-state index in [0.29, 0.717) is 17.5 Å². The molecule has 0 atom stereocenters. The number of hydrogen-bond donors (Lipinski definition) is 1. The molecule has 0 unspecified atom stereocenters. The number of aliphatic hydroxyl groups excluding tert-OH is 1. The monoisotopic (exact) mass is 215 g/mol. The van der Waals surface area contributed by atoms with Gasteiger partial charge in [0, 0.05) is 12.6 Å². The van der Waals surface area contributed by atoms with E-state index in [0.717, 1.165) is 0 Å². The van der Waals surface area contributed by atoms with Gasteiger partial charge < -0.3 is 10.0 Å². The van der Waals surface area contributed by atoms with Crippen molar-refractivity contribution in [3.05, 3.63) is 17.4 Å². The van der Waals surface area contributed by atoms with Crippen LogP contribution < -0.4 is 4.90 Å². The average Bonchev–Trinajstić information content (AvgIpc) is 2.15. The molecule has 0 saturated carbocycles. The molecule has 1 aromatic rings. The van der Waals surface area contributed by atoms with E-state index in [-0.39, 0.29) is 12.6 Å². The molecule has 1 rings (SSSR count). The van der Waals surface area contributed by atoms with Crippen LogP contribution in [-0.2, 0) is 0 Å². The maximum absolute atomic E-state index is 8.88. The highest BCUT2D eigenvalue weighted by atomic mass is 35.5. The molecule has 14 heavy (non-hydrogen) atoms. The molecule has 0 amide bonds. The van der Waals surface area contributed by atoms with E-state index in [4.69, 9.17) is 16.7 Å². The molecule has 0 radical (unpaired) electrons. The van der Waals surface area contributed by atoms with Crippen molar-refractivity contribution in [3.8, 4) is 0 Å². The van der Waals surface area contributed by atoms with Crippen LogP contribution in [0.2, 0.25) is 5.02 Å². The summed E-state index contributed by atoms with van der Waals surface area (Å²) in [6, 6.07) is 0.253. The summed E-state index contributed by atoms with van der Waals surface area (Å²) in [6.07, 6.45) is 3.10. The second-order valence-corrected chi connectivity index (χ2v) is 3.65. The molecule has 0 aliphatic carbocycles. The van der Waals surface area contributed by atoms with Crippen LogP contribution >= 0.6 is 11.6 Å². The predicted molar refractivity (Wildman–Crippen MR) is 56.6 cm³/mol. The van der Waals surface area contributed by atoms with E-state index in [2.05, 4.69) is 9.97 Å². The van der Waals surface area contributed by atoms with E-state index < -0.39 is 0 Å². The van der Waals surface area contributed by atoms with Crippen LogP contribution in [0.4, 0.5) is 5.95 Å². The number of halogens is 1. The Morgan fingerprint density at radius 3 is 2.43 bits per heavy atom. The summed E-state index contributed by atoms with van der Waals surface area (Å²) < 4.78 is 0. The summed E-state index contributed by atoms with van der Waals surface area (Å²) in [5, 5.41) is 9.39. The van der Waals surface area contributed by atoms with Crippen LogP contribution in [-0.4, -0.2) is 34.3 Å². The molecule has 78 valence electrons. The summed E-state index contributed by atoms with van der Waals surface area (Å²) in [6.45, 7) is 4.66. The van der Waals surface area contributed by atoms with Gasteiger partial charge in [-0.1, -0.05) is 11.6 Å². The number of aromatic nitrogens is 2. The molecule has 5 heteroatoms. The van der Waals surface area contributed by atoms with Crippen molar-refractivity contribution in [1.29, 1.82) is 0 Å². The lowest BCUT2D eigenvalue weighted by Crippen LogP contribution is -2.34. The quantitative estimate of drug-likeness (QED) is 0.824. The van der Waals surface area contributed by atoms with Crippen molar-refractivity contribution < 1.29 is 5.11 Å². The maximum Gasteiger partial charge on any atom is 0.225 e. The lowest BCUT2D eigenvalue weighted by molar-refractivity contribution is 0.298. The van der Waals surface area contributed by atoms with E-state index in [1.165, 1.54) is 0 Å². The Labute approximate surface area is 88.6 Å². The predicted octanol–water partition coefficient (Wildman–Crippen LogP) is 1.34. The molecule has 1 heterocycles.